The van der Waals surface area contributed by atoms with E-state index in [1.807, 2.05) is 0 Å². The van der Waals surface area contributed by atoms with Crippen molar-refractivity contribution in [1.82, 2.24) is 4.98 Å². The van der Waals surface area contributed by atoms with Crippen LogP contribution in [0.4, 0.5) is 5.13 Å². The molecule has 154 valence electrons. The average molecular weight is 402 g/mol. The zero-order chi connectivity index (χ0) is 18.9. The Balaban J connectivity index is 1.33. The Morgan fingerprint density at radius 3 is 2.14 bits per heavy atom. The fraction of sp³-hybridized carbons (Fsp3) is 0.870. The van der Waals surface area contributed by atoms with Crippen LogP contribution < -0.4 is 0 Å². The van der Waals surface area contributed by atoms with E-state index in [0.717, 1.165) is 17.0 Å². The summed E-state index contributed by atoms with van der Waals surface area (Å²) in [5.41, 5.74) is 1.23. The van der Waals surface area contributed by atoms with Crippen molar-refractivity contribution < 1.29 is 5.11 Å². The molecule has 6 unspecified atom stereocenters. The summed E-state index contributed by atoms with van der Waals surface area (Å²) < 4.78 is 0. The van der Waals surface area contributed by atoms with Crippen molar-refractivity contribution in [3.05, 3.63) is 11.1 Å². The first-order valence-corrected chi connectivity index (χ1v) is 12.7. The Morgan fingerprint density at radius 2 is 1.39 bits per heavy atom. The molecule has 1 N–H and O–H groups in total. The lowest BCUT2D eigenvalue weighted by Gasteiger charge is -2.52. The smallest absolute Gasteiger partial charge is 0.229 e. The zero-order valence-electron chi connectivity index (χ0n) is 17.0. The minimum absolute atomic E-state index is 0.00770. The molecule has 4 aliphatic carbocycles. The number of fused-ring (bicyclic) bond motifs is 3. The number of thiazole rings is 1. The summed E-state index contributed by atoms with van der Waals surface area (Å²) >= 11 is 1.63. The molecule has 4 aliphatic rings. The number of nitrogens with zero attached hydrogens (tertiary/aromatic N) is 3. The van der Waals surface area contributed by atoms with Crippen molar-refractivity contribution in [2.45, 2.75) is 102 Å². The van der Waals surface area contributed by atoms with E-state index in [0.29, 0.717) is 17.8 Å². The second-order valence-corrected chi connectivity index (χ2v) is 10.6. The highest BCUT2D eigenvalue weighted by Gasteiger charge is 2.51. The van der Waals surface area contributed by atoms with Gasteiger partial charge in [-0.25, -0.2) is 4.98 Å². The number of hydrogen-bond acceptors (Lipinski definition) is 5. The molecule has 0 bridgehead atoms. The van der Waals surface area contributed by atoms with Gasteiger partial charge < -0.3 is 5.11 Å². The van der Waals surface area contributed by atoms with E-state index >= 15 is 0 Å². The van der Waals surface area contributed by atoms with Crippen LogP contribution in [-0.4, -0.2) is 22.2 Å². The maximum absolute atomic E-state index is 11.2. The van der Waals surface area contributed by atoms with Gasteiger partial charge in [-0.1, -0.05) is 44.9 Å². The van der Waals surface area contributed by atoms with E-state index in [-0.39, 0.29) is 12.1 Å². The lowest BCUT2D eigenvalue weighted by molar-refractivity contribution is -0.0799. The first-order chi connectivity index (χ1) is 13.8. The van der Waals surface area contributed by atoms with Gasteiger partial charge in [0.1, 0.15) is 6.04 Å². The van der Waals surface area contributed by atoms with Gasteiger partial charge in [-0.05, 0) is 62.2 Å². The minimum Gasteiger partial charge on any atom is -0.391 e. The average Bonchev–Trinajstić information content (AvgIpc) is 3.23. The third kappa shape index (κ3) is 3.69. The highest BCUT2D eigenvalue weighted by molar-refractivity contribution is 7.13. The van der Waals surface area contributed by atoms with Crippen LogP contribution in [0.5, 0.6) is 0 Å². The second kappa shape index (κ2) is 8.51. The lowest BCUT2D eigenvalue weighted by Crippen LogP contribution is -2.53. The SMILES string of the molecule is OC1C2CCCCC2C2CCCCC2C1N=Nc1nc(C2CCCCC2)cs1. The summed E-state index contributed by atoms with van der Waals surface area (Å²) in [5.74, 6) is 3.11. The molecule has 5 rings (SSSR count). The van der Waals surface area contributed by atoms with Crippen LogP contribution in [0, 0.1) is 23.7 Å². The van der Waals surface area contributed by atoms with Crippen LogP contribution in [-0.2, 0) is 0 Å². The van der Waals surface area contributed by atoms with Gasteiger partial charge in [0.15, 0.2) is 0 Å². The van der Waals surface area contributed by atoms with Gasteiger partial charge in [-0.15, -0.1) is 16.5 Å². The van der Waals surface area contributed by atoms with Gasteiger partial charge in [0, 0.05) is 11.3 Å². The molecular formula is C23H35N3OS. The second-order valence-electron chi connectivity index (χ2n) is 9.81. The summed E-state index contributed by atoms with van der Waals surface area (Å²) in [6.45, 7) is 0. The number of rotatable bonds is 3. The minimum atomic E-state index is -0.300. The fourth-order valence-electron chi connectivity index (χ4n) is 6.97. The highest BCUT2D eigenvalue weighted by Crippen LogP contribution is 2.52. The standard InChI is InChI=1S/C23H35N3OS/c27-22-19-13-7-5-11-17(19)16-10-4-6-12-18(16)21(22)25-26-23-24-20(14-28-23)15-8-2-1-3-9-15/h14-19,21-22,27H,1-13H2. The van der Waals surface area contributed by atoms with Crippen LogP contribution in [0.2, 0.25) is 0 Å². The molecule has 5 heteroatoms. The Labute approximate surface area is 173 Å². The zero-order valence-corrected chi connectivity index (χ0v) is 17.8. The molecule has 4 saturated carbocycles. The van der Waals surface area contributed by atoms with Crippen molar-refractivity contribution in [2.24, 2.45) is 33.9 Å². The Bertz CT molecular complexity index is 683. The van der Waals surface area contributed by atoms with Gasteiger partial charge in [0.05, 0.1) is 11.8 Å². The molecule has 28 heavy (non-hydrogen) atoms. The Kier molecular flexibility index (Phi) is 5.83. The first kappa shape index (κ1) is 19.2. The number of hydrogen-bond donors (Lipinski definition) is 1. The van der Waals surface area contributed by atoms with Crippen LogP contribution in [0.3, 0.4) is 0 Å². The summed E-state index contributed by atoms with van der Waals surface area (Å²) in [4.78, 5) is 4.81. The summed E-state index contributed by atoms with van der Waals surface area (Å²) in [5, 5.41) is 23.6. The van der Waals surface area contributed by atoms with Crippen molar-refractivity contribution in [2.75, 3.05) is 0 Å². The van der Waals surface area contributed by atoms with Crippen LogP contribution in [0.25, 0.3) is 0 Å². The van der Waals surface area contributed by atoms with Crippen molar-refractivity contribution >= 4 is 16.5 Å². The highest BCUT2D eigenvalue weighted by atomic mass is 32.1. The molecule has 0 radical (unpaired) electrons. The molecular weight excluding hydrogens is 366 g/mol. The van der Waals surface area contributed by atoms with Gasteiger partial charge in [-0.2, -0.15) is 5.11 Å². The fourth-order valence-corrected chi connectivity index (χ4v) is 7.70. The summed E-state index contributed by atoms with van der Waals surface area (Å²) in [6.07, 6.45) is 16.6. The van der Waals surface area contributed by atoms with Gasteiger partial charge in [0.2, 0.25) is 5.13 Å². The normalized spacial score (nSPS) is 39.6. The topological polar surface area (TPSA) is 57.8 Å². The number of azo groups is 1. The molecule has 0 saturated heterocycles. The third-order valence-electron chi connectivity index (χ3n) is 8.34. The van der Waals surface area contributed by atoms with Crippen molar-refractivity contribution in [3.63, 3.8) is 0 Å². The number of aromatic nitrogens is 1. The molecule has 1 heterocycles. The van der Waals surface area contributed by atoms with E-state index in [4.69, 9.17) is 10.1 Å². The van der Waals surface area contributed by atoms with E-state index < -0.39 is 0 Å². The van der Waals surface area contributed by atoms with Gasteiger partial charge >= 0.3 is 0 Å². The number of aliphatic hydroxyl groups excluding tert-OH is 1. The third-order valence-corrected chi connectivity index (χ3v) is 9.08. The van der Waals surface area contributed by atoms with Crippen molar-refractivity contribution in [1.29, 1.82) is 0 Å². The van der Waals surface area contributed by atoms with E-state index in [1.165, 1.54) is 89.2 Å². The molecule has 1 aromatic heterocycles. The molecule has 4 nitrogen and oxygen atoms in total. The Hall–Kier alpha value is -0.810. The summed E-state index contributed by atoms with van der Waals surface area (Å²) in [7, 11) is 0. The first-order valence-electron chi connectivity index (χ1n) is 11.9. The lowest BCUT2D eigenvalue weighted by atomic mass is 9.55. The van der Waals surface area contributed by atoms with Crippen LogP contribution >= 0.6 is 11.3 Å². The quantitative estimate of drug-likeness (QED) is 0.578. The predicted molar refractivity (Wildman–Crippen MR) is 113 cm³/mol. The van der Waals surface area contributed by atoms with Crippen LogP contribution in [0.1, 0.15) is 95.1 Å². The predicted octanol–water partition coefficient (Wildman–Crippen LogP) is 6.63. The van der Waals surface area contributed by atoms with E-state index in [9.17, 15) is 5.11 Å². The summed E-state index contributed by atoms with van der Waals surface area (Å²) in [6, 6.07) is -0.00770. The van der Waals surface area contributed by atoms with Gasteiger partial charge in [0.25, 0.3) is 0 Å². The number of aliphatic hydroxyl groups is 1. The maximum Gasteiger partial charge on any atom is 0.229 e. The largest absolute Gasteiger partial charge is 0.391 e. The maximum atomic E-state index is 11.2. The molecule has 1 aromatic rings. The molecule has 0 aliphatic heterocycles. The molecule has 6 atom stereocenters. The molecule has 0 spiro atoms. The molecule has 0 amide bonds. The van der Waals surface area contributed by atoms with Crippen LogP contribution in [0.15, 0.2) is 15.6 Å². The monoisotopic (exact) mass is 401 g/mol. The molecule has 4 fully saturated rings. The van der Waals surface area contributed by atoms with E-state index in [1.54, 1.807) is 11.3 Å². The van der Waals surface area contributed by atoms with Crippen molar-refractivity contribution in [3.8, 4) is 0 Å². The molecule has 0 aromatic carbocycles. The van der Waals surface area contributed by atoms with Gasteiger partial charge in [-0.3, -0.25) is 0 Å². The van der Waals surface area contributed by atoms with E-state index in [2.05, 4.69) is 10.5 Å². The Morgan fingerprint density at radius 1 is 0.786 bits per heavy atom.